The number of likely N-dealkylation sites (tertiary alicyclic amines) is 1. The topological polar surface area (TPSA) is 112 Å². The van der Waals surface area contributed by atoms with Crippen molar-refractivity contribution in [2.24, 2.45) is 0 Å². The molecule has 2 N–H and O–H groups in total. The van der Waals surface area contributed by atoms with Crippen molar-refractivity contribution in [1.82, 2.24) is 14.9 Å². The number of hydrogen-bond acceptors (Lipinski definition) is 8. The number of anilines is 1. The predicted octanol–water partition coefficient (Wildman–Crippen LogP) is 3.15. The van der Waals surface area contributed by atoms with E-state index in [1.54, 1.807) is 36.4 Å². The van der Waals surface area contributed by atoms with Crippen LogP contribution in [0, 0.1) is 0 Å². The van der Waals surface area contributed by atoms with E-state index in [0.29, 0.717) is 18.7 Å². The predicted molar refractivity (Wildman–Crippen MR) is 130 cm³/mol. The van der Waals surface area contributed by atoms with Crippen LogP contribution in [0.25, 0.3) is 11.0 Å². The highest BCUT2D eigenvalue weighted by Gasteiger charge is 2.37. The molecule has 0 atom stereocenters. The monoisotopic (exact) mass is 486 g/mol. The number of piperidine rings is 1. The van der Waals surface area contributed by atoms with Gasteiger partial charge < -0.3 is 14.7 Å². The zero-order chi connectivity index (χ0) is 23.5. The molecule has 0 aliphatic carbocycles. The SMILES string of the molecule is CCS(=O)(=O)CC1(O)CCN(C(=O)c2ccc(NSc3cccc4nccnc34)cc2)CC1. The molecule has 4 rings (SSSR count). The van der Waals surface area contributed by atoms with Crippen molar-refractivity contribution in [2.45, 2.75) is 30.3 Å². The van der Waals surface area contributed by atoms with Gasteiger partial charge >= 0.3 is 0 Å². The van der Waals surface area contributed by atoms with Gasteiger partial charge in [0.25, 0.3) is 5.91 Å². The van der Waals surface area contributed by atoms with Gasteiger partial charge in [-0.1, -0.05) is 13.0 Å². The second-order valence-corrected chi connectivity index (χ2v) is 11.4. The quantitative estimate of drug-likeness (QED) is 0.490. The fourth-order valence-corrected chi connectivity index (χ4v) is 5.88. The number of fused-ring (bicyclic) bond motifs is 1. The smallest absolute Gasteiger partial charge is 0.253 e. The molecule has 1 fully saturated rings. The van der Waals surface area contributed by atoms with Gasteiger partial charge in [0.15, 0.2) is 9.84 Å². The summed E-state index contributed by atoms with van der Waals surface area (Å²) < 4.78 is 27.1. The van der Waals surface area contributed by atoms with Crippen LogP contribution in [0.15, 0.2) is 59.8 Å². The van der Waals surface area contributed by atoms with E-state index >= 15 is 0 Å². The Kier molecular flexibility index (Phi) is 6.87. The van der Waals surface area contributed by atoms with E-state index in [2.05, 4.69) is 14.7 Å². The van der Waals surface area contributed by atoms with E-state index in [9.17, 15) is 18.3 Å². The molecule has 0 radical (unpaired) electrons. The van der Waals surface area contributed by atoms with E-state index in [1.165, 1.54) is 11.9 Å². The van der Waals surface area contributed by atoms with Gasteiger partial charge in [-0.2, -0.15) is 0 Å². The number of carbonyl (C=O) groups is 1. The fraction of sp³-hybridized carbons (Fsp3) is 0.348. The van der Waals surface area contributed by atoms with Gasteiger partial charge in [0.05, 0.1) is 21.8 Å². The van der Waals surface area contributed by atoms with Crippen LogP contribution in [0.3, 0.4) is 0 Å². The molecule has 2 aromatic carbocycles. The number of aliphatic hydroxyl groups is 1. The third kappa shape index (κ3) is 5.63. The van der Waals surface area contributed by atoms with Crippen molar-refractivity contribution in [3.63, 3.8) is 0 Å². The van der Waals surface area contributed by atoms with Gasteiger partial charge in [-0.05, 0) is 61.2 Å². The Hall–Kier alpha value is -2.69. The van der Waals surface area contributed by atoms with Gasteiger partial charge in [-0.3, -0.25) is 14.8 Å². The van der Waals surface area contributed by atoms with Gasteiger partial charge in [0.2, 0.25) is 0 Å². The summed E-state index contributed by atoms with van der Waals surface area (Å²) in [6.07, 6.45) is 3.83. The Morgan fingerprint density at radius 3 is 2.52 bits per heavy atom. The Balaban J connectivity index is 1.35. The minimum Gasteiger partial charge on any atom is -0.389 e. The average molecular weight is 487 g/mol. The standard InChI is InChI=1S/C23H26N4O4S2/c1-2-33(30,31)16-23(29)10-14-27(15-11-23)22(28)17-6-8-18(9-7-17)26-32-20-5-3-4-19-21(20)25-13-12-24-19/h3-9,12-13,26,29H,2,10-11,14-16H2,1H3. The molecule has 1 saturated heterocycles. The lowest BCUT2D eigenvalue weighted by Gasteiger charge is -2.38. The molecule has 1 amide bonds. The molecule has 1 aliphatic rings. The lowest BCUT2D eigenvalue weighted by molar-refractivity contribution is 0.000534. The van der Waals surface area contributed by atoms with Gasteiger partial charge in [-0.25, -0.2) is 8.42 Å². The lowest BCUT2D eigenvalue weighted by atomic mass is 9.93. The summed E-state index contributed by atoms with van der Waals surface area (Å²) in [5.74, 6) is -0.373. The Morgan fingerprint density at radius 2 is 1.82 bits per heavy atom. The highest BCUT2D eigenvalue weighted by molar-refractivity contribution is 8.00. The number of nitrogens with one attached hydrogen (secondary N) is 1. The van der Waals surface area contributed by atoms with Crippen LogP contribution in [0.2, 0.25) is 0 Å². The zero-order valence-electron chi connectivity index (χ0n) is 18.3. The summed E-state index contributed by atoms with van der Waals surface area (Å²) in [6, 6.07) is 13.0. The first kappa shape index (κ1) is 23.5. The Labute approximate surface area is 197 Å². The maximum Gasteiger partial charge on any atom is 0.253 e. The maximum atomic E-state index is 12.9. The number of benzene rings is 2. The van der Waals surface area contributed by atoms with Gasteiger partial charge in [0, 0.05) is 42.5 Å². The first-order valence-corrected chi connectivity index (χ1v) is 13.4. The number of nitrogens with zero attached hydrogens (tertiary/aromatic N) is 3. The number of sulfone groups is 1. The van der Waals surface area contributed by atoms with E-state index in [4.69, 9.17) is 0 Å². The number of para-hydroxylation sites is 1. The summed E-state index contributed by atoms with van der Waals surface area (Å²) in [6.45, 7) is 2.23. The van der Waals surface area contributed by atoms with E-state index in [-0.39, 0.29) is 30.3 Å². The zero-order valence-corrected chi connectivity index (χ0v) is 19.9. The van der Waals surface area contributed by atoms with E-state index < -0.39 is 15.4 Å². The lowest BCUT2D eigenvalue weighted by Crippen LogP contribution is -2.50. The molecule has 33 heavy (non-hydrogen) atoms. The molecule has 0 saturated carbocycles. The second-order valence-electron chi connectivity index (χ2n) is 8.15. The molecule has 0 bridgehead atoms. The summed E-state index contributed by atoms with van der Waals surface area (Å²) >= 11 is 1.43. The summed E-state index contributed by atoms with van der Waals surface area (Å²) in [7, 11) is -3.28. The largest absolute Gasteiger partial charge is 0.389 e. The highest BCUT2D eigenvalue weighted by Crippen LogP contribution is 2.28. The molecule has 174 valence electrons. The number of carbonyl (C=O) groups excluding carboxylic acids is 1. The Bertz CT molecular complexity index is 1240. The maximum absolute atomic E-state index is 12.9. The van der Waals surface area contributed by atoms with Crippen molar-refractivity contribution < 1.29 is 18.3 Å². The van der Waals surface area contributed by atoms with Crippen LogP contribution in [-0.2, 0) is 9.84 Å². The van der Waals surface area contributed by atoms with Crippen LogP contribution in [0.5, 0.6) is 0 Å². The number of aromatic nitrogens is 2. The summed E-state index contributed by atoms with van der Waals surface area (Å²) in [4.78, 5) is 24.2. The molecule has 8 nitrogen and oxygen atoms in total. The molecule has 2 heterocycles. The average Bonchev–Trinajstić information content (AvgIpc) is 2.82. The first-order chi connectivity index (χ1) is 15.8. The molecular formula is C23H26N4O4S2. The Morgan fingerprint density at radius 1 is 1.12 bits per heavy atom. The summed E-state index contributed by atoms with van der Waals surface area (Å²) in [5.41, 5.74) is 1.78. The molecule has 3 aromatic rings. The van der Waals surface area contributed by atoms with Crippen LogP contribution in [0.4, 0.5) is 5.69 Å². The van der Waals surface area contributed by atoms with Crippen LogP contribution < -0.4 is 4.72 Å². The fourth-order valence-electron chi connectivity index (χ4n) is 3.81. The van der Waals surface area contributed by atoms with E-state index in [0.717, 1.165) is 21.6 Å². The van der Waals surface area contributed by atoms with Crippen LogP contribution in [-0.4, -0.2) is 64.5 Å². The number of rotatable bonds is 7. The molecule has 10 heteroatoms. The van der Waals surface area contributed by atoms with Crippen molar-refractivity contribution >= 4 is 44.4 Å². The molecule has 1 aliphatic heterocycles. The molecule has 0 unspecified atom stereocenters. The van der Waals surface area contributed by atoms with E-state index in [1.807, 2.05) is 30.3 Å². The minimum absolute atomic E-state index is 0.00449. The van der Waals surface area contributed by atoms with Gasteiger partial charge in [0.1, 0.15) is 5.52 Å². The van der Waals surface area contributed by atoms with Crippen LogP contribution in [0.1, 0.15) is 30.1 Å². The van der Waals surface area contributed by atoms with Crippen molar-refractivity contribution in [2.75, 3.05) is 29.3 Å². The number of hydrogen-bond donors (Lipinski definition) is 2. The normalized spacial score (nSPS) is 16.0. The van der Waals surface area contributed by atoms with Crippen LogP contribution >= 0.6 is 11.9 Å². The third-order valence-electron chi connectivity index (χ3n) is 5.78. The molecular weight excluding hydrogens is 460 g/mol. The van der Waals surface area contributed by atoms with Crippen molar-refractivity contribution in [1.29, 1.82) is 0 Å². The third-order valence-corrected chi connectivity index (χ3v) is 8.53. The van der Waals surface area contributed by atoms with Crippen molar-refractivity contribution in [3.05, 3.63) is 60.4 Å². The number of amides is 1. The minimum atomic E-state index is -3.28. The molecule has 1 aromatic heterocycles. The molecule has 0 spiro atoms. The summed E-state index contributed by atoms with van der Waals surface area (Å²) in [5, 5.41) is 10.6. The van der Waals surface area contributed by atoms with Crippen molar-refractivity contribution in [3.8, 4) is 0 Å². The highest BCUT2D eigenvalue weighted by atomic mass is 32.2. The van der Waals surface area contributed by atoms with Gasteiger partial charge in [-0.15, -0.1) is 0 Å². The second kappa shape index (κ2) is 9.66. The first-order valence-electron chi connectivity index (χ1n) is 10.7.